The van der Waals surface area contributed by atoms with Gasteiger partial charge in [0.05, 0.1) is 5.69 Å². The zero-order valence-electron chi connectivity index (χ0n) is 11.8. The molecular formula is C15H25N3. The van der Waals surface area contributed by atoms with Crippen molar-refractivity contribution < 1.29 is 0 Å². The highest BCUT2D eigenvalue weighted by Crippen LogP contribution is 2.19. The Labute approximate surface area is 111 Å². The fourth-order valence-corrected chi connectivity index (χ4v) is 2.46. The molecule has 0 amide bonds. The van der Waals surface area contributed by atoms with E-state index in [0.717, 1.165) is 13.1 Å². The second-order valence-corrected chi connectivity index (χ2v) is 6.22. The average molecular weight is 247 g/mol. The van der Waals surface area contributed by atoms with Crippen LogP contribution in [-0.4, -0.2) is 34.6 Å². The SMILES string of the molecule is CC(C)(C)NCC1CCCN1Cc1ccccn1. The van der Waals surface area contributed by atoms with E-state index < -0.39 is 0 Å². The van der Waals surface area contributed by atoms with Gasteiger partial charge in [-0.2, -0.15) is 0 Å². The van der Waals surface area contributed by atoms with Crippen molar-refractivity contribution in [3.05, 3.63) is 30.1 Å². The van der Waals surface area contributed by atoms with Crippen molar-refractivity contribution in [3.8, 4) is 0 Å². The maximum Gasteiger partial charge on any atom is 0.0544 e. The molecular weight excluding hydrogens is 222 g/mol. The minimum Gasteiger partial charge on any atom is -0.311 e. The van der Waals surface area contributed by atoms with E-state index in [1.807, 2.05) is 12.3 Å². The smallest absolute Gasteiger partial charge is 0.0544 e. The second-order valence-electron chi connectivity index (χ2n) is 6.22. The lowest BCUT2D eigenvalue weighted by atomic mass is 10.1. The molecule has 0 radical (unpaired) electrons. The quantitative estimate of drug-likeness (QED) is 0.885. The molecule has 0 aliphatic carbocycles. The first-order valence-electron chi connectivity index (χ1n) is 6.93. The first-order valence-corrected chi connectivity index (χ1v) is 6.93. The zero-order valence-corrected chi connectivity index (χ0v) is 11.8. The van der Waals surface area contributed by atoms with Crippen LogP contribution >= 0.6 is 0 Å². The molecule has 3 heteroatoms. The number of hydrogen-bond acceptors (Lipinski definition) is 3. The van der Waals surface area contributed by atoms with Gasteiger partial charge in [0.25, 0.3) is 0 Å². The summed E-state index contributed by atoms with van der Waals surface area (Å²) < 4.78 is 0. The highest BCUT2D eigenvalue weighted by Gasteiger charge is 2.25. The van der Waals surface area contributed by atoms with Crippen molar-refractivity contribution in [1.82, 2.24) is 15.2 Å². The van der Waals surface area contributed by atoms with E-state index >= 15 is 0 Å². The molecule has 1 atom stereocenters. The van der Waals surface area contributed by atoms with Crippen molar-refractivity contribution in [2.45, 2.75) is 51.7 Å². The Morgan fingerprint density at radius 3 is 2.89 bits per heavy atom. The monoisotopic (exact) mass is 247 g/mol. The van der Waals surface area contributed by atoms with Gasteiger partial charge >= 0.3 is 0 Å². The third-order valence-corrected chi connectivity index (χ3v) is 3.46. The molecule has 1 unspecified atom stereocenters. The van der Waals surface area contributed by atoms with Gasteiger partial charge in [0.15, 0.2) is 0 Å². The summed E-state index contributed by atoms with van der Waals surface area (Å²) in [6.07, 6.45) is 4.49. The molecule has 1 saturated heterocycles. The molecule has 1 N–H and O–H groups in total. The summed E-state index contributed by atoms with van der Waals surface area (Å²) in [5, 5.41) is 3.62. The number of likely N-dealkylation sites (tertiary alicyclic amines) is 1. The summed E-state index contributed by atoms with van der Waals surface area (Å²) in [6, 6.07) is 6.82. The highest BCUT2D eigenvalue weighted by molar-refractivity contribution is 5.04. The summed E-state index contributed by atoms with van der Waals surface area (Å²) >= 11 is 0. The second kappa shape index (κ2) is 5.81. The van der Waals surface area contributed by atoms with Crippen LogP contribution in [0.5, 0.6) is 0 Å². The van der Waals surface area contributed by atoms with Crippen molar-refractivity contribution in [2.75, 3.05) is 13.1 Å². The number of rotatable bonds is 4. The van der Waals surface area contributed by atoms with Gasteiger partial charge in [-0.05, 0) is 52.3 Å². The van der Waals surface area contributed by atoms with Crippen LogP contribution in [0, 0.1) is 0 Å². The Hall–Kier alpha value is -0.930. The predicted octanol–water partition coefficient (Wildman–Crippen LogP) is 2.43. The Balaban J connectivity index is 1.88. The lowest BCUT2D eigenvalue weighted by Crippen LogP contribution is -2.45. The molecule has 100 valence electrons. The van der Waals surface area contributed by atoms with Crippen LogP contribution in [0.1, 0.15) is 39.3 Å². The zero-order chi connectivity index (χ0) is 13.0. The molecule has 0 bridgehead atoms. The molecule has 2 rings (SSSR count). The molecule has 3 nitrogen and oxygen atoms in total. The first-order chi connectivity index (χ1) is 8.54. The van der Waals surface area contributed by atoms with E-state index in [2.05, 4.69) is 48.1 Å². The molecule has 1 aromatic rings. The van der Waals surface area contributed by atoms with E-state index in [9.17, 15) is 0 Å². The number of aromatic nitrogens is 1. The maximum absolute atomic E-state index is 4.42. The van der Waals surface area contributed by atoms with Crippen LogP contribution in [0.25, 0.3) is 0 Å². The number of nitrogens with one attached hydrogen (secondary N) is 1. The van der Waals surface area contributed by atoms with Crippen LogP contribution in [-0.2, 0) is 6.54 Å². The highest BCUT2D eigenvalue weighted by atomic mass is 15.2. The fraction of sp³-hybridized carbons (Fsp3) is 0.667. The number of hydrogen-bond donors (Lipinski definition) is 1. The average Bonchev–Trinajstić information content (AvgIpc) is 2.74. The molecule has 1 fully saturated rings. The molecule has 0 saturated carbocycles. The van der Waals surface area contributed by atoms with Crippen LogP contribution in [0.2, 0.25) is 0 Å². The van der Waals surface area contributed by atoms with Gasteiger partial charge in [-0.15, -0.1) is 0 Å². The predicted molar refractivity (Wildman–Crippen MR) is 75.4 cm³/mol. The Kier molecular flexibility index (Phi) is 4.36. The van der Waals surface area contributed by atoms with Gasteiger partial charge in [-0.25, -0.2) is 0 Å². The molecule has 1 aliphatic rings. The van der Waals surface area contributed by atoms with Crippen molar-refractivity contribution >= 4 is 0 Å². The summed E-state index contributed by atoms with van der Waals surface area (Å²) in [5.41, 5.74) is 1.39. The minimum absolute atomic E-state index is 0.208. The topological polar surface area (TPSA) is 28.2 Å². The van der Waals surface area contributed by atoms with Gasteiger partial charge in [-0.1, -0.05) is 6.07 Å². The van der Waals surface area contributed by atoms with E-state index in [-0.39, 0.29) is 5.54 Å². The summed E-state index contributed by atoms with van der Waals surface area (Å²) in [6.45, 7) is 9.95. The Morgan fingerprint density at radius 1 is 1.39 bits per heavy atom. The van der Waals surface area contributed by atoms with Gasteiger partial charge in [0, 0.05) is 30.9 Å². The minimum atomic E-state index is 0.208. The van der Waals surface area contributed by atoms with Crippen molar-refractivity contribution in [1.29, 1.82) is 0 Å². The van der Waals surface area contributed by atoms with Gasteiger partial charge in [0.1, 0.15) is 0 Å². The van der Waals surface area contributed by atoms with Crippen LogP contribution < -0.4 is 5.32 Å². The van der Waals surface area contributed by atoms with Crippen molar-refractivity contribution in [3.63, 3.8) is 0 Å². The third kappa shape index (κ3) is 4.07. The molecule has 1 aromatic heterocycles. The van der Waals surface area contributed by atoms with E-state index in [1.54, 1.807) is 0 Å². The number of pyridine rings is 1. The maximum atomic E-state index is 4.42. The summed E-state index contributed by atoms with van der Waals surface area (Å²) in [5.74, 6) is 0. The lowest BCUT2D eigenvalue weighted by molar-refractivity contribution is 0.223. The lowest BCUT2D eigenvalue weighted by Gasteiger charge is -2.28. The van der Waals surface area contributed by atoms with E-state index in [4.69, 9.17) is 0 Å². The molecule has 0 spiro atoms. The van der Waals surface area contributed by atoms with Gasteiger partial charge in [0.2, 0.25) is 0 Å². The standard InChI is InChI=1S/C15H25N3/c1-15(2,3)17-11-14-8-6-10-18(14)12-13-7-4-5-9-16-13/h4-5,7,9,14,17H,6,8,10-12H2,1-3H3. The Morgan fingerprint density at radius 2 is 2.22 bits per heavy atom. The molecule has 2 heterocycles. The fourth-order valence-electron chi connectivity index (χ4n) is 2.46. The first kappa shape index (κ1) is 13.5. The Bertz CT molecular complexity index is 356. The summed E-state index contributed by atoms with van der Waals surface area (Å²) in [7, 11) is 0. The molecule has 0 aromatic carbocycles. The van der Waals surface area contributed by atoms with Crippen LogP contribution in [0.4, 0.5) is 0 Å². The number of nitrogens with zero attached hydrogens (tertiary/aromatic N) is 2. The van der Waals surface area contributed by atoms with Crippen LogP contribution in [0.3, 0.4) is 0 Å². The van der Waals surface area contributed by atoms with Gasteiger partial charge in [-0.3, -0.25) is 9.88 Å². The van der Waals surface area contributed by atoms with Gasteiger partial charge < -0.3 is 5.32 Å². The molecule has 1 aliphatic heterocycles. The van der Waals surface area contributed by atoms with E-state index in [0.29, 0.717) is 6.04 Å². The normalized spacial score (nSPS) is 21.4. The molecule has 18 heavy (non-hydrogen) atoms. The largest absolute Gasteiger partial charge is 0.311 e. The van der Waals surface area contributed by atoms with E-state index in [1.165, 1.54) is 25.1 Å². The summed E-state index contributed by atoms with van der Waals surface area (Å²) in [4.78, 5) is 6.98. The van der Waals surface area contributed by atoms with Crippen molar-refractivity contribution in [2.24, 2.45) is 0 Å². The van der Waals surface area contributed by atoms with Crippen LogP contribution in [0.15, 0.2) is 24.4 Å². The third-order valence-electron chi connectivity index (χ3n) is 3.46.